The van der Waals surface area contributed by atoms with Crippen molar-refractivity contribution >= 4 is 29.4 Å². The van der Waals surface area contributed by atoms with E-state index in [0.29, 0.717) is 17.0 Å². The van der Waals surface area contributed by atoms with Gasteiger partial charge in [0.25, 0.3) is 5.91 Å². The second kappa shape index (κ2) is 5.99. The zero-order valence-electron chi connectivity index (χ0n) is 14.5. The summed E-state index contributed by atoms with van der Waals surface area (Å²) in [7, 11) is 0. The molecule has 1 aromatic heterocycles. The number of benzene rings is 1. The van der Waals surface area contributed by atoms with E-state index in [1.165, 1.54) is 25.9 Å². The van der Waals surface area contributed by atoms with Crippen LogP contribution in [0.4, 0.5) is 0 Å². The van der Waals surface area contributed by atoms with Crippen molar-refractivity contribution < 1.29 is 9.21 Å². The highest BCUT2D eigenvalue weighted by atomic mass is 35.5. The van der Waals surface area contributed by atoms with Crippen LogP contribution < -0.4 is 5.32 Å². The van der Waals surface area contributed by atoms with Crippen LogP contribution in [0.25, 0.3) is 11.1 Å². The molecular formula is C19H24ClN3O2. The number of piperidine rings is 3. The minimum atomic E-state index is -0.0138. The van der Waals surface area contributed by atoms with Crippen molar-refractivity contribution in [3.8, 4) is 0 Å². The summed E-state index contributed by atoms with van der Waals surface area (Å²) in [5.74, 6) is 1.39. The van der Waals surface area contributed by atoms with Gasteiger partial charge in [0.2, 0.25) is 5.89 Å². The Labute approximate surface area is 153 Å². The van der Waals surface area contributed by atoms with E-state index < -0.39 is 0 Å². The van der Waals surface area contributed by atoms with Crippen molar-refractivity contribution in [2.75, 3.05) is 19.6 Å². The molecule has 4 heterocycles. The number of aromatic nitrogens is 1. The summed E-state index contributed by atoms with van der Waals surface area (Å²) in [5.41, 5.74) is 2.14. The molecule has 3 aliphatic heterocycles. The number of hydrogen-bond donors (Lipinski definition) is 1. The average molecular weight is 362 g/mol. The van der Waals surface area contributed by atoms with Gasteiger partial charge in [0.05, 0.1) is 5.56 Å². The van der Waals surface area contributed by atoms with Crippen LogP contribution in [0.1, 0.15) is 48.9 Å². The van der Waals surface area contributed by atoms with Crippen LogP contribution in [0.3, 0.4) is 0 Å². The van der Waals surface area contributed by atoms with Gasteiger partial charge in [-0.25, -0.2) is 4.98 Å². The first-order chi connectivity index (χ1) is 11.6. The normalized spacial score (nSPS) is 29.2. The third kappa shape index (κ3) is 2.83. The lowest BCUT2D eigenvalue weighted by molar-refractivity contribution is 0.0621. The molecule has 1 unspecified atom stereocenters. The van der Waals surface area contributed by atoms with E-state index in [1.54, 1.807) is 0 Å². The van der Waals surface area contributed by atoms with Crippen LogP contribution >= 0.6 is 12.4 Å². The van der Waals surface area contributed by atoms with Gasteiger partial charge >= 0.3 is 0 Å². The number of halogens is 1. The first-order valence-corrected chi connectivity index (χ1v) is 9.06. The minimum absolute atomic E-state index is 0. The van der Waals surface area contributed by atoms with Gasteiger partial charge in [-0.2, -0.15) is 0 Å². The lowest BCUT2D eigenvalue weighted by atomic mass is 9.84. The zero-order valence-corrected chi connectivity index (χ0v) is 15.3. The van der Waals surface area contributed by atoms with Crippen LogP contribution in [-0.4, -0.2) is 41.5 Å². The zero-order chi connectivity index (χ0) is 16.3. The molecule has 6 rings (SSSR count). The number of carbonyl (C=O) groups is 1. The quantitative estimate of drug-likeness (QED) is 0.912. The van der Waals surface area contributed by atoms with Crippen molar-refractivity contribution in [2.24, 2.45) is 5.92 Å². The third-order valence-corrected chi connectivity index (χ3v) is 6.15. The van der Waals surface area contributed by atoms with E-state index in [2.05, 4.69) is 22.1 Å². The molecule has 0 spiro atoms. The van der Waals surface area contributed by atoms with Gasteiger partial charge in [-0.15, -0.1) is 12.4 Å². The van der Waals surface area contributed by atoms with Gasteiger partial charge in [0.15, 0.2) is 5.58 Å². The summed E-state index contributed by atoms with van der Waals surface area (Å²) in [6, 6.07) is 5.92. The summed E-state index contributed by atoms with van der Waals surface area (Å²) in [6.07, 6.45) is 4.62. The molecule has 2 aromatic rings. The first-order valence-electron chi connectivity index (χ1n) is 9.06. The van der Waals surface area contributed by atoms with E-state index in [0.717, 1.165) is 30.9 Å². The lowest BCUT2D eigenvalue weighted by Gasteiger charge is -2.44. The molecule has 1 aromatic carbocycles. The maximum Gasteiger partial charge on any atom is 0.253 e. The molecule has 1 saturated carbocycles. The van der Waals surface area contributed by atoms with Gasteiger partial charge in [0.1, 0.15) is 5.52 Å². The molecule has 1 N–H and O–H groups in total. The minimum Gasteiger partial charge on any atom is -0.440 e. The Hall–Kier alpha value is -1.59. The Bertz CT molecular complexity index is 806. The second-order valence-corrected chi connectivity index (χ2v) is 7.95. The van der Waals surface area contributed by atoms with E-state index in [9.17, 15) is 4.79 Å². The van der Waals surface area contributed by atoms with Crippen molar-refractivity contribution in [3.63, 3.8) is 0 Å². The number of oxazole rings is 1. The van der Waals surface area contributed by atoms with Gasteiger partial charge < -0.3 is 14.6 Å². The molecule has 1 amide bonds. The lowest BCUT2D eigenvalue weighted by Crippen LogP contribution is -2.57. The number of nitrogens with one attached hydrogen (secondary N) is 1. The highest BCUT2D eigenvalue weighted by molar-refractivity contribution is 6.04. The topological polar surface area (TPSA) is 58.4 Å². The number of nitrogens with zero attached hydrogens (tertiary/aromatic N) is 2. The van der Waals surface area contributed by atoms with Crippen LogP contribution in [0.5, 0.6) is 0 Å². The number of fused-ring (bicyclic) bond motifs is 4. The smallest absolute Gasteiger partial charge is 0.253 e. The molecule has 134 valence electrons. The van der Waals surface area contributed by atoms with Crippen molar-refractivity contribution in [2.45, 2.75) is 44.1 Å². The fourth-order valence-corrected chi connectivity index (χ4v) is 4.17. The van der Waals surface area contributed by atoms with E-state index in [1.807, 2.05) is 18.2 Å². The van der Waals surface area contributed by atoms with E-state index in [-0.39, 0.29) is 29.8 Å². The maximum absolute atomic E-state index is 12.9. The molecule has 2 bridgehead atoms. The van der Waals surface area contributed by atoms with Gasteiger partial charge in [0, 0.05) is 18.0 Å². The van der Waals surface area contributed by atoms with E-state index >= 15 is 0 Å². The van der Waals surface area contributed by atoms with Crippen LogP contribution in [0.2, 0.25) is 0 Å². The monoisotopic (exact) mass is 361 g/mol. The number of hydrogen-bond acceptors (Lipinski definition) is 4. The van der Waals surface area contributed by atoms with Gasteiger partial charge in [-0.3, -0.25) is 4.79 Å². The third-order valence-electron chi connectivity index (χ3n) is 6.15. The standard InChI is InChI=1S/C19H23N3O2.ClH/c1-19(7-8-19)18-21-16-13(3-2-4-15(16)24-18)17(23)20-14-11-22-9-5-12(14)6-10-22;/h2-4,12,14H,5-11H2,1H3,(H,20,23);1H. The molecule has 25 heavy (non-hydrogen) atoms. The fraction of sp³-hybridized carbons (Fsp3) is 0.579. The highest BCUT2D eigenvalue weighted by Crippen LogP contribution is 2.47. The van der Waals surface area contributed by atoms with Gasteiger partial charge in [-0.1, -0.05) is 13.0 Å². The van der Waals surface area contributed by atoms with E-state index in [4.69, 9.17) is 4.42 Å². The van der Waals surface area contributed by atoms with Crippen LogP contribution in [-0.2, 0) is 5.41 Å². The van der Waals surface area contributed by atoms with Crippen LogP contribution in [0.15, 0.2) is 22.6 Å². The summed E-state index contributed by atoms with van der Waals surface area (Å²) in [5, 5.41) is 3.26. The predicted molar refractivity (Wildman–Crippen MR) is 98.3 cm³/mol. The SMILES string of the molecule is CC1(c2nc3c(C(=O)NC4CN5CCC4CC5)cccc3o2)CC1.Cl. The first kappa shape index (κ1) is 16.9. The fourth-order valence-electron chi connectivity index (χ4n) is 4.17. The second-order valence-electron chi connectivity index (χ2n) is 7.95. The Morgan fingerprint density at radius 3 is 2.72 bits per heavy atom. The number of carbonyl (C=O) groups excluding carboxylic acids is 1. The molecule has 4 aliphatic rings. The molecule has 0 radical (unpaired) electrons. The Morgan fingerprint density at radius 2 is 2.08 bits per heavy atom. The number of para-hydroxylation sites is 1. The molecule has 3 saturated heterocycles. The highest BCUT2D eigenvalue weighted by Gasteiger charge is 2.44. The molecule has 6 heteroatoms. The van der Waals surface area contributed by atoms with Crippen molar-refractivity contribution in [1.82, 2.24) is 15.2 Å². The summed E-state index contributed by atoms with van der Waals surface area (Å²) in [6.45, 7) is 5.51. The molecule has 1 aliphatic carbocycles. The Morgan fingerprint density at radius 1 is 1.32 bits per heavy atom. The van der Waals surface area contributed by atoms with Crippen LogP contribution in [0, 0.1) is 5.92 Å². The largest absolute Gasteiger partial charge is 0.440 e. The molecule has 4 fully saturated rings. The molecule has 1 atom stereocenters. The Balaban J connectivity index is 0.00000157. The predicted octanol–water partition coefficient (Wildman–Crippen LogP) is 3.13. The average Bonchev–Trinajstić information content (AvgIpc) is 3.20. The number of rotatable bonds is 3. The maximum atomic E-state index is 12.9. The van der Waals surface area contributed by atoms with Crippen molar-refractivity contribution in [3.05, 3.63) is 29.7 Å². The van der Waals surface area contributed by atoms with Crippen molar-refractivity contribution in [1.29, 1.82) is 0 Å². The summed E-state index contributed by atoms with van der Waals surface area (Å²) in [4.78, 5) is 20.0. The Kier molecular flexibility index (Phi) is 4.04. The summed E-state index contributed by atoms with van der Waals surface area (Å²) < 4.78 is 5.93. The van der Waals surface area contributed by atoms with Gasteiger partial charge in [-0.05, 0) is 56.8 Å². The molecular weight excluding hydrogens is 338 g/mol. The molecule has 5 nitrogen and oxygen atoms in total. The summed E-state index contributed by atoms with van der Waals surface area (Å²) >= 11 is 0. The number of amides is 1.